The fraction of sp³-hybridized carbons (Fsp3) is 0.500. The summed E-state index contributed by atoms with van der Waals surface area (Å²) >= 11 is 0. The molecule has 1 aliphatic rings. The molecule has 34 heavy (non-hydrogen) atoms. The van der Waals surface area contributed by atoms with E-state index in [-0.39, 0.29) is 18.3 Å². The van der Waals surface area contributed by atoms with Gasteiger partial charge in [0.2, 0.25) is 18.1 Å². The minimum atomic E-state index is -1.30. The predicted octanol–water partition coefficient (Wildman–Crippen LogP) is 0.680. The smallest absolute Gasteiger partial charge is 0.303 e. The molecule has 1 aliphatic heterocycles. The Hall–Kier alpha value is -3.67. The summed E-state index contributed by atoms with van der Waals surface area (Å²) < 4.78 is 27.7. The van der Waals surface area contributed by atoms with Crippen LogP contribution in [0.3, 0.4) is 0 Å². The zero-order chi connectivity index (χ0) is 25.4. The lowest BCUT2D eigenvalue weighted by atomic mass is 9.96. The van der Waals surface area contributed by atoms with Gasteiger partial charge >= 0.3 is 17.9 Å². The Morgan fingerprint density at radius 1 is 0.853 bits per heavy atom. The molecule has 12 heteroatoms. The second-order valence-corrected chi connectivity index (χ2v) is 7.52. The first kappa shape index (κ1) is 26.6. The minimum absolute atomic E-state index is 0.191. The van der Waals surface area contributed by atoms with Gasteiger partial charge < -0.3 is 34.3 Å². The fourth-order valence-electron chi connectivity index (χ4n) is 3.38. The summed E-state index contributed by atoms with van der Waals surface area (Å²) in [5.41, 5.74) is 0.322. The van der Waals surface area contributed by atoms with Crippen molar-refractivity contribution in [3.05, 3.63) is 24.3 Å². The highest BCUT2D eigenvalue weighted by molar-refractivity contribution is 5.90. The van der Waals surface area contributed by atoms with Crippen LogP contribution in [0.1, 0.15) is 34.6 Å². The molecule has 1 heterocycles. The third-order valence-corrected chi connectivity index (χ3v) is 4.51. The van der Waals surface area contributed by atoms with Crippen LogP contribution < -0.4 is 15.4 Å². The molecule has 2 amide bonds. The maximum atomic E-state index is 12.0. The lowest BCUT2D eigenvalue weighted by Gasteiger charge is -2.44. The van der Waals surface area contributed by atoms with Crippen LogP contribution in [0.5, 0.6) is 5.75 Å². The monoisotopic (exact) mass is 480 g/mol. The highest BCUT2D eigenvalue weighted by Gasteiger charge is 2.52. The van der Waals surface area contributed by atoms with E-state index in [9.17, 15) is 24.0 Å². The number of carbonyl (C=O) groups excluding carboxylic acids is 5. The SMILES string of the molecule is CC(=O)Nc1ccccc1O[C@@H]1O[C@@H](COC(C)=O)[C@@H](OC(C)=O)[C@@H](OC(C)=O)[C@@H]1NC(C)=O. The molecule has 186 valence electrons. The Morgan fingerprint density at radius 3 is 2.03 bits per heavy atom. The van der Waals surface area contributed by atoms with Gasteiger partial charge in [0.05, 0.1) is 5.69 Å². The van der Waals surface area contributed by atoms with Crippen molar-refractivity contribution in [3.63, 3.8) is 0 Å². The number of rotatable bonds is 8. The average molecular weight is 480 g/mol. The first-order valence-corrected chi connectivity index (χ1v) is 10.4. The quantitative estimate of drug-likeness (QED) is 0.401. The van der Waals surface area contributed by atoms with Crippen molar-refractivity contribution in [2.24, 2.45) is 0 Å². The van der Waals surface area contributed by atoms with Gasteiger partial charge in [-0.1, -0.05) is 12.1 Å². The molecule has 1 aromatic rings. The van der Waals surface area contributed by atoms with Crippen molar-refractivity contribution in [3.8, 4) is 5.75 Å². The summed E-state index contributed by atoms with van der Waals surface area (Å²) in [6.45, 7) is 5.68. The van der Waals surface area contributed by atoms with Gasteiger partial charge in [-0.25, -0.2) is 0 Å². The normalized spacial score (nSPS) is 23.7. The molecule has 0 aromatic heterocycles. The second kappa shape index (κ2) is 12.0. The van der Waals surface area contributed by atoms with Gasteiger partial charge in [-0.15, -0.1) is 0 Å². The van der Waals surface area contributed by atoms with E-state index in [1.807, 2.05) is 0 Å². The van der Waals surface area contributed by atoms with E-state index in [4.69, 9.17) is 23.7 Å². The molecule has 0 saturated carbocycles. The number of hydrogen-bond donors (Lipinski definition) is 2. The van der Waals surface area contributed by atoms with E-state index >= 15 is 0 Å². The number of benzene rings is 1. The topological polar surface area (TPSA) is 156 Å². The molecule has 2 rings (SSSR count). The molecule has 0 spiro atoms. The molecular weight excluding hydrogens is 452 g/mol. The van der Waals surface area contributed by atoms with Crippen LogP contribution in [0.25, 0.3) is 0 Å². The van der Waals surface area contributed by atoms with Gasteiger partial charge in [0, 0.05) is 34.6 Å². The first-order chi connectivity index (χ1) is 16.0. The molecule has 1 saturated heterocycles. The van der Waals surface area contributed by atoms with Gasteiger partial charge in [-0.2, -0.15) is 0 Å². The summed E-state index contributed by atoms with van der Waals surface area (Å²) in [5, 5.41) is 5.22. The third-order valence-electron chi connectivity index (χ3n) is 4.51. The average Bonchev–Trinajstić information content (AvgIpc) is 2.71. The lowest BCUT2D eigenvalue weighted by molar-refractivity contribution is -0.257. The van der Waals surface area contributed by atoms with Crippen molar-refractivity contribution in [1.29, 1.82) is 0 Å². The first-order valence-electron chi connectivity index (χ1n) is 10.4. The van der Waals surface area contributed by atoms with Crippen molar-refractivity contribution in [1.82, 2.24) is 5.32 Å². The van der Waals surface area contributed by atoms with Crippen molar-refractivity contribution in [2.75, 3.05) is 11.9 Å². The largest absolute Gasteiger partial charge is 0.463 e. The zero-order valence-electron chi connectivity index (χ0n) is 19.5. The van der Waals surface area contributed by atoms with E-state index in [2.05, 4.69) is 10.6 Å². The van der Waals surface area contributed by atoms with Crippen LogP contribution in [0.4, 0.5) is 5.69 Å². The predicted molar refractivity (Wildman–Crippen MR) is 115 cm³/mol. The van der Waals surface area contributed by atoms with Crippen molar-refractivity contribution >= 4 is 35.4 Å². The number of para-hydroxylation sites is 2. The summed E-state index contributed by atoms with van der Waals surface area (Å²) in [7, 11) is 0. The van der Waals surface area contributed by atoms with E-state index in [0.717, 1.165) is 13.8 Å². The van der Waals surface area contributed by atoms with Crippen LogP contribution in [0.2, 0.25) is 0 Å². The van der Waals surface area contributed by atoms with Crippen molar-refractivity contribution in [2.45, 2.75) is 65.3 Å². The maximum absolute atomic E-state index is 12.0. The summed E-state index contributed by atoms with van der Waals surface area (Å²) in [4.78, 5) is 58.7. The van der Waals surface area contributed by atoms with Gasteiger partial charge in [-0.3, -0.25) is 24.0 Å². The number of esters is 3. The standard InChI is InChI=1S/C22H28N2O10/c1-11(25)23-16-8-6-7-9-17(16)33-22-19(24-12(2)26)21(32-15(5)29)20(31-14(4)28)18(34-22)10-30-13(3)27/h6-9,18-22H,10H2,1-5H3,(H,23,25)(H,24,26)/t18-,19-,20+,21-,22+/m0/s1. The Morgan fingerprint density at radius 2 is 1.47 bits per heavy atom. The Balaban J connectivity index is 2.50. The number of nitrogens with one attached hydrogen (secondary N) is 2. The van der Waals surface area contributed by atoms with Crippen LogP contribution in [-0.4, -0.2) is 67.0 Å². The molecule has 12 nitrogen and oxygen atoms in total. The van der Waals surface area contributed by atoms with Gasteiger partial charge in [-0.05, 0) is 12.1 Å². The maximum Gasteiger partial charge on any atom is 0.303 e. The fourth-order valence-corrected chi connectivity index (χ4v) is 3.38. The third kappa shape index (κ3) is 7.73. The van der Waals surface area contributed by atoms with Gasteiger partial charge in [0.1, 0.15) is 24.5 Å². The number of hydrogen-bond acceptors (Lipinski definition) is 10. The molecule has 0 bridgehead atoms. The van der Waals surface area contributed by atoms with Crippen LogP contribution in [-0.2, 0) is 42.9 Å². The summed E-state index contributed by atoms with van der Waals surface area (Å²) in [6.07, 6.45) is -4.89. The molecular formula is C22H28N2O10. The summed E-state index contributed by atoms with van der Waals surface area (Å²) in [5.74, 6) is -2.71. The van der Waals surface area contributed by atoms with Gasteiger partial charge in [0.15, 0.2) is 12.2 Å². The van der Waals surface area contributed by atoms with E-state index in [1.54, 1.807) is 24.3 Å². The molecule has 0 aliphatic carbocycles. The highest BCUT2D eigenvalue weighted by atomic mass is 16.7. The molecule has 0 radical (unpaired) electrons. The Kier molecular flexibility index (Phi) is 9.36. The highest BCUT2D eigenvalue weighted by Crippen LogP contribution is 2.32. The Bertz CT molecular complexity index is 934. The number of carbonyl (C=O) groups is 5. The lowest BCUT2D eigenvalue weighted by Crippen LogP contribution is -2.67. The van der Waals surface area contributed by atoms with Crippen molar-refractivity contribution < 1.29 is 47.7 Å². The minimum Gasteiger partial charge on any atom is -0.463 e. The number of amides is 2. The van der Waals surface area contributed by atoms with E-state index < -0.39 is 54.5 Å². The zero-order valence-corrected chi connectivity index (χ0v) is 19.5. The van der Waals surface area contributed by atoms with E-state index in [1.165, 1.54) is 20.8 Å². The molecule has 5 atom stereocenters. The van der Waals surface area contributed by atoms with Gasteiger partial charge in [0.25, 0.3) is 0 Å². The molecule has 1 aromatic carbocycles. The number of ether oxygens (including phenoxy) is 5. The van der Waals surface area contributed by atoms with E-state index in [0.29, 0.717) is 5.69 Å². The second-order valence-electron chi connectivity index (χ2n) is 7.52. The molecule has 2 N–H and O–H groups in total. The summed E-state index contributed by atoms with van der Waals surface area (Å²) in [6, 6.07) is 5.34. The van der Waals surface area contributed by atoms with Crippen LogP contribution >= 0.6 is 0 Å². The molecule has 0 unspecified atom stereocenters. The van der Waals surface area contributed by atoms with Crippen LogP contribution in [0, 0.1) is 0 Å². The van der Waals surface area contributed by atoms with Crippen LogP contribution in [0.15, 0.2) is 24.3 Å². The molecule has 1 fully saturated rings. The number of anilines is 1. The Labute approximate surface area is 196 Å².